The Morgan fingerprint density at radius 2 is 1.90 bits per heavy atom. The lowest BCUT2D eigenvalue weighted by Gasteiger charge is -2.23. The first-order valence-electron chi connectivity index (χ1n) is 10.1. The molecule has 0 spiro atoms. The summed E-state index contributed by atoms with van der Waals surface area (Å²) in [6, 6.07) is 16.9. The Kier molecular flexibility index (Phi) is 3.51. The summed E-state index contributed by atoms with van der Waals surface area (Å²) in [5.41, 5.74) is 4.74. The molecule has 0 fully saturated rings. The van der Waals surface area contributed by atoms with Crippen LogP contribution in [0.25, 0.3) is 38.9 Å². The Balaban J connectivity index is 1.71. The zero-order valence-corrected chi connectivity index (χ0v) is 16.2. The van der Waals surface area contributed by atoms with Gasteiger partial charge in [-0.3, -0.25) is 0 Å². The highest BCUT2D eigenvalue weighted by Crippen LogP contribution is 2.42. The monoisotopic (exact) mass is 387 g/mol. The molecular weight excluding hydrogens is 370 g/mol. The molecule has 4 nitrogen and oxygen atoms in total. The lowest BCUT2D eigenvalue weighted by atomic mass is 9.92. The molecule has 2 aliphatic rings. The summed E-state index contributed by atoms with van der Waals surface area (Å²) in [6.07, 6.45) is 11.8. The molecule has 2 unspecified atom stereocenters. The largest absolute Gasteiger partial charge is 0.460 e. The molecule has 2 aromatic carbocycles. The van der Waals surface area contributed by atoms with Crippen LogP contribution in [0.3, 0.4) is 0 Å². The van der Waals surface area contributed by atoms with Crippen molar-refractivity contribution in [1.82, 2.24) is 4.57 Å². The van der Waals surface area contributed by atoms with E-state index in [-0.39, 0.29) is 6.04 Å². The fourth-order valence-corrected chi connectivity index (χ4v) is 4.91. The SMILES string of the molecule is N#CC1=CC(C#N)C(n2c3ccccc3c3c4oc5c(c4ccc32)C=CCC5)C=C1. The van der Waals surface area contributed by atoms with Crippen molar-refractivity contribution in [2.24, 2.45) is 5.92 Å². The van der Waals surface area contributed by atoms with Crippen LogP contribution in [0.15, 0.2) is 70.7 Å². The second-order valence-corrected chi connectivity index (χ2v) is 7.84. The molecule has 0 saturated heterocycles. The predicted molar refractivity (Wildman–Crippen MR) is 118 cm³/mol. The number of benzene rings is 2. The molecule has 6 rings (SSSR count). The molecule has 0 N–H and O–H groups in total. The van der Waals surface area contributed by atoms with Crippen molar-refractivity contribution in [2.45, 2.75) is 18.9 Å². The topological polar surface area (TPSA) is 65.7 Å². The molecule has 2 heterocycles. The summed E-state index contributed by atoms with van der Waals surface area (Å²) in [6.45, 7) is 0. The first kappa shape index (κ1) is 16.9. The average Bonchev–Trinajstić information content (AvgIpc) is 3.34. The van der Waals surface area contributed by atoms with Crippen LogP contribution in [-0.4, -0.2) is 4.57 Å². The maximum atomic E-state index is 9.82. The Hall–Kier alpha value is -4.02. The van der Waals surface area contributed by atoms with Gasteiger partial charge in [-0.05, 0) is 36.8 Å². The molecular formula is C26H17N3O. The molecule has 0 radical (unpaired) electrons. The predicted octanol–water partition coefficient (Wildman–Crippen LogP) is 6.20. The Labute approximate surface area is 173 Å². The number of hydrogen-bond donors (Lipinski definition) is 0. The van der Waals surface area contributed by atoms with Crippen molar-refractivity contribution in [2.75, 3.05) is 0 Å². The molecule has 30 heavy (non-hydrogen) atoms. The van der Waals surface area contributed by atoms with Crippen molar-refractivity contribution in [3.8, 4) is 12.1 Å². The van der Waals surface area contributed by atoms with Crippen LogP contribution in [0, 0.1) is 28.6 Å². The molecule has 4 heteroatoms. The van der Waals surface area contributed by atoms with Gasteiger partial charge >= 0.3 is 0 Å². The van der Waals surface area contributed by atoms with Gasteiger partial charge in [-0.15, -0.1) is 0 Å². The molecule has 2 atom stereocenters. The molecule has 2 aromatic heterocycles. The number of nitrogens with zero attached hydrogens (tertiary/aromatic N) is 3. The van der Waals surface area contributed by atoms with E-state index >= 15 is 0 Å². The number of furan rings is 1. The van der Waals surface area contributed by atoms with E-state index in [0.717, 1.165) is 51.4 Å². The second kappa shape index (κ2) is 6.24. The Bertz CT molecular complexity index is 1530. The maximum absolute atomic E-state index is 9.82. The lowest BCUT2D eigenvalue weighted by Crippen LogP contribution is -2.17. The van der Waals surface area contributed by atoms with Gasteiger partial charge in [0.1, 0.15) is 11.3 Å². The van der Waals surface area contributed by atoms with Crippen LogP contribution in [0.1, 0.15) is 23.8 Å². The van der Waals surface area contributed by atoms with Gasteiger partial charge in [-0.2, -0.15) is 10.5 Å². The van der Waals surface area contributed by atoms with E-state index in [0.29, 0.717) is 5.57 Å². The maximum Gasteiger partial charge on any atom is 0.144 e. The third-order valence-electron chi connectivity index (χ3n) is 6.24. The second-order valence-electron chi connectivity index (χ2n) is 7.84. The Morgan fingerprint density at radius 1 is 1.00 bits per heavy atom. The van der Waals surface area contributed by atoms with E-state index in [2.05, 4.69) is 53.1 Å². The van der Waals surface area contributed by atoms with Crippen molar-refractivity contribution < 1.29 is 4.42 Å². The quantitative estimate of drug-likeness (QED) is 0.390. The molecule has 0 aliphatic heterocycles. The zero-order valence-electron chi connectivity index (χ0n) is 16.2. The van der Waals surface area contributed by atoms with Crippen molar-refractivity contribution in [1.29, 1.82) is 10.5 Å². The minimum atomic E-state index is -0.410. The number of nitriles is 2. The van der Waals surface area contributed by atoms with Crippen molar-refractivity contribution >= 4 is 38.9 Å². The summed E-state index contributed by atoms with van der Waals surface area (Å²) in [5, 5.41) is 22.4. The van der Waals surface area contributed by atoms with E-state index in [1.165, 1.54) is 5.56 Å². The van der Waals surface area contributed by atoms with Crippen LogP contribution in [0.5, 0.6) is 0 Å². The fraction of sp³-hybridized carbons (Fsp3) is 0.154. The van der Waals surface area contributed by atoms with Crippen LogP contribution >= 0.6 is 0 Å². The summed E-state index contributed by atoms with van der Waals surface area (Å²) in [5.74, 6) is 0.637. The van der Waals surface area contributed by atoms with E-state index in [9.17, 15) is 10.5 Å². The third-order valence-corrected chi connectivity index (χ3v) is 6.24. The molecule has 0 bridgehead atoms. The van der Waals surface area contributed by atoms with Gasteiger partial charge < -0.3 is 8.98 Å². The van der Waals surface area contributed by atoms with Gasteiger partial charge in [-0.25, -0.2) is 0 Å². The van der Waals surface area contributed by atoms with Crippen LogP contribution in [0.4, 0.5) is 0 Å². The number of aryl methyl sites for hydroxylation is 1. The van der Waals surface area contributed by atoms with E-state index in [4.69, 9.17) is 4.42 Å². The van der Waals surface area contributed by atoms with Crippen molar-refractivity contribution in [3.05, 3.63) is 77.6 Å². The van der Waals surface area contributed by atoms with E-state index in [1.807, 2.05) is 24.3 Å². The highest BCUT2D eigenvalue weighted by Gasteiger charge is 2.27. The standard InChI is InChI=1S/C26H17N3O/c27-14-16-9-11-21(17(13-16)15-28)29-22-7-3-1-6-20(22)25-23(29)12-10-19-18-5-2-4-8-24(18)30-26(19)25/h1-3,5-7,9-13,17,21H,4,8H2. The first-order valence-corrected chi connectivity index (χ1v) is 10.1. The first-order chi connectivity index (χ1) is 14.8. The minimum absolute atomic E-state index is 0.184. The smallest absolute Gasteiger partial charge is 0.144 e. The van der Waals surface area contributed by atoms with Gasteiger partial charge in [0.2, 0.25) is 0 Å². The summed E-state index contributed by atoms with van der Waals surface area (Å²) in [7, 11) is 0. The molecule has 142 valence electrons. The van der Waals surface area contributed by atoms with Gasteiger partial charge in [0.25, 0.3) is 0 Å². The van der Waals surface area contributed by atoms with E-state index in [1.54, 1.807) is 6.08 Å². The third kappa shape index (κ3) is 2.19. The highest BCUT2D eigenvalue weighted by molar-refractivity contribution is 6.20. The van der Waals surface area contributed by atoms with Crippen LogP contribution < -0.4 is 0 Å². The fourth-order valence-electron chi connectivity index (χ4n) is 4.91. The number of allylic oxidation sites excluding steroid dienone is 5. The molecule has 0 saturated carbocycles. The van der Waals surface area contributed by atoms with Gasteiger partial charge in [-0.1, -0.05) is 36.4 Å². The number of fused-ring (bicyclic) bond motifs is 7. The number of hydrogen-bond acceptors (Lipinski definition) is 3. The summed E-state index contributed by atoms with van der Waals surface area (Å²) >= 11 is 0. The van der Waals surface area contributed by atoms with Gasteiger partial charge in [0, 0.05) is 33.8 Å². The average molecular weight is 387 g/mol. The summed E-state index contributed by atoms with van der Waals surface area (Å²) in [4.78, 5) is 0. The lowest BCUT2D eigenvalue weighted by molar-refractivity contribution is 0.548. The molecule has 4 aromatic rings. The van der Waals surface area contributed by atoms with Crippen LogP contribution in [-0.2, 0) is 6.42 Å². The molecule has 2 aliphatic carbocycles. The Morgan fingerprint density at radius 3 is 2.77 bits per heavy atom. The van der Waals surface area contributed by atoms with Gasteiger partial charge in [0.15, 0.2) is 0 Å². The minimum Gasteiger partial charge on any atom is -0.460 e. The normalized spacial score (nSPS) is 20.3. The van der Waals surface area contributed by atoms with E-state index < -0.39 is 5.92 Å². The number of rotatable bonds is 1. The van der Waals surface area contributed by atoms with Crippen LogP contribution in [0.2, 0.25) is 0 Å². The number of aromatic nitrogens is 1. The molecule has 0 amide bonds. The van der Waals surface area contributed by atoms with Gasteiger partial charge in [0.05, 0.1) is 35.0 Å². The zero-order chi connectivity index (χ0) is 20.2. The summed E-state index contributed by atoms with van der Waals surface area (Å²) < 4.78 is 8.62. The number of para-hydroxylation sites is 1. The van der Waals surface area contributed by atoms with Crippen molar-refractivity contribution in [3.63, 3.8) is 0 Å². The highest BCUT2D eigenvalue weighted by atomic mass is 16.3.